The first kappa shape index (κ1) is 16.3. The van der Waals surface area contributed by atoms with Crippen molar-refractivity contribution in [1.82, 2.24) is 15.1 Å². The molecule has 1 heterocycles. The van der Waals surface area contributed by atoms with E-state index in [1.807, 2.05) is 4.90 Å². The van der Waals surface area contributed by atoms with Crippen molar-refractivity contribution in [3.05, 3.63) is 35.4 Å². The van der Waals surface area contributed by atoms with Crippen LogP contribution in [0.2, 0.25) is 0 Å². The molecule has 0 spiro atoms. The van der Waals surface area contributed by atoms with E-state index in [0.29, 0.717) is 6.54 Å². The van der Waals surface area contributed by atoms with Gasteiger partial charge in [-0.05, 0) is 31.7 Å². The van der Waals surface area contributed by atoms with Crippen molar-refractivity contribution in [1.29, 1.82) is 0 Å². The van der Waals surface area contributed by atoms with Gasteiger partial charge in [-0.15, -0.1) is 0 Å². The van der Waals surface area contributed by atoms with Crippen LogP contribution in [-0.2, 0) is 6.54 Å². The second-order valence-corrected chi connectivity index (χ2v) is 6.96. The zero-order chi connectivity index (χ0) is 16.1. The van der Waals surface area contributed by atoms with E-state index in [0.717, 1.165) is 44.2 Å². The molecule has 0 aromatic heterocycles. The zero-order valence-corrected chi connectivity index (χ0v) is 14.3. The van der Waals surface area contributed by atoms with E-state index >= 15 is 0 Å². The number of nitrogens with one attached hydrogen (secondary N) is 1. The average molecular weight is 315 g/mol. The molecule has 2 amide bonds. The number of carbonyl (C=O) groups is 1. The minimum Gasteiger partial charge on any atom is -0.334 e. The Morgan fingerprint density at radius 1 is 1.04 bits per heavy atom. The number of aryl methyl sites for hydroxylation is 1. The number of amides is 2. The van der Waals surface area contributed by atoms with Crippen LogP contribution in [0.4, 0.5) is 4.79 Å². The van der Waals surface area contributed by atoms with Gasteiger partial charge in [-0.3, -0.25) is 4.90 Å². The van der Waals surface area contributed by atoms with Gasteiger partial charge in [-0.2, -0.15) is 0 Å². The van der Waals surface area contributed by atoms with Crippen LogP contribution in [0.25, 0.3) is 0 Å². The molecule has 1 N–H and O–H groups in total. The Morgan fingerprint density at radius 3 is 2.52 bits per heavy atom. The van der Waals surface area contributed by atoms with E-state index in [4.69, 9.17) is 0 Å². The molecule has 0 bridgehead atoms. The fraction of sp³-hybridized carbons (Fsp3) is 0.632. The van der Waals surface area contributed by atoms with Gasteiger partial charge in [0, 0.05) is 38.8 Å². The SMILES string of the molecule is Cc1ccc(CNC(=O)N2CCCN(C3CCCC3)CC2)cc1. The predicted octanol–water partition coefficient (Wildman–Crippen LogP) is 3.15. The van der Waals surface area contributed by atoms with Gasteiger partial charge in [0.1, 0.15) is 0 Å². The summed E-state index contributed by atoms with van der Waals surface area (Å²) in [7, 11) is 0. The standard InChI is InChI=1S/C19H29N3O/c1-16-7-9-17(10-8-16)15-20-19(23)22-12-4-11-21(13-14-22)18-5-2-3-6-18/h7-10,18H,2-6,11-15H2,1H3,(H,20,23). The zero-order valence-electron chi connectivity index (χ0n) is 14.3. The van der Waals surface area contributed by atoms with Crippen LogP contribution in [0.5, 0.6) is 0 Å². The molecule has 1 saturated carbocycles. The van der Waals surface area contributed by atoms with Gasteiger partial charge in [0.15, 0.2) is 0 Å². The van der Waals surface area contributed by atoms with E-state index in [2.05, 4.69) is 41.4 Å². The molecule has 0 radical (unpaired) electrons. The molecule has 2 fully saturated rings. The van der Waals surface area contributed by atoms with E-state index < -0.39 is 0 Å². The molecule has 2 aliphatic rings. The normalized spacial score (nSPS) is 20.5. The molecule has 1 aliphatic carbocycles. The Balaban J connectivity index is 1.46. The summed E-state index contributed by atoms with van der Waals surface area (Å²) in [6.45, 7) is 6.60. The van der Waals surface area contributed by atoms with E-state index in [1.165, 1.54) is 31.2 Å². The molecule has 0 atom stereocenters. The van der Waals surface area contributed by atoms with Crippen molar-refractivity contribution < 1.29 is 4.79 Å². The Labute approximate surface area is 139 Å². The van der Waals surface area contributed by atoms with Crippen LogP contribution in [0.1, 0.15) is 43.2 Å². The Bertz CT molecular complexity index is 508. The van der Waals surface area contributed by atoms with Gasteiger partial charge in [0.2, 0.25) is 0 Å². The first-order chi connectivity index (χ1) is 11.2. The van der Waals surface area contributed by atoms with E-state index in [1.54, 1.807) is 0 Å². The monoisotopic (exact) mass is 315 g/mol. The highest BCUT2D eigenvalue weighted by molar-refractivity contribution is 5.74. The fourth-order valence-corrected chi connectivity index (χ4v) is 3.77. The second-order valence-electron chi connectivity index (χ2n) is 6.96. The minimum atomic E-state index is 0.0823. The third-order valence-corrected chi connectivity index (χ3v) is 5.22. The van der Waals surface area contributed by atoms with Crippen molar-refractivity contribution >= 4 is 6.03 Å². The summed E-state index contributed by atoms with van der Waals surface area (Å²) in [4.78, 5) is 17.0. The maximum Gasteiger partial charge on any atom is 0.317 e. The molecule has 3 rings (SSSR count). The molecule has 1 saturated heterocycles. The lowest BCUT2D eigenvalue weighted by Crippen LogP contribution is -2.42. The Hall–Kier alpha value is -1.55. The highest BCUT2D eigenvalue weighted by atomic mass is 16.2. The van der Waals surface area contributed by atoms with Crippen LogP contribution in [0, 0.1) is 6.92 Å². The lowest BCUT2D eigenvalue weighted by Gasteiger charge is -2.27. The number of benzene rings is 1. The number of urea groups is 1. The molecule has 126 valence electrons. The maximum atomic E-state index is 12.4. The molecule has 4 nitrogen and oxygen atoms in total. The fourth-order valence-electron chi connectivity index (χ4n) is 3.77. The summed E-state index contributed by atoms with van der Waals surface area (Å²) in [5.41, 5.74) is 2.41. The minimum absolute atomic E-state index is 0.0823. The molecular weight excluding hydrogens is 286 g/mol. The van der Waals surface area contributed by atoms with Gasteiger partial charge < -0.3 is 10.2 Å². The lowest BCUT2D eigenvalue weighted by atomic mass is 10.1. The van der Waals surface area contributed by atoms with Crippen molar-refractivity contribution in [3.8, 4) is 0 Å². The Kier molecular flexibility index (Phi) is 5.55. The van der Waals surface area contributed by atoms with Gasteiger partial charge >= 0.3 is 6.03 Å². The van der Waals surface area contributed by atoms with Crippen molar-refractivity contribution in [2.45, 2.75) is 51.6 Å². The lowest BCUT2D eigenvalue weighted by molar-refractivity contribution is 0.187. The average Bonchev–Trinajstić information content (AvgIpc) is 2.98. The summed E-state index contributed by atoms with van der Waals surface area (Å²) in [6.07, 6.45) is 6.54. The van der Waals surface area contributed by atoms with Crippen molar-refractivity contribution in [3.63, 3.8) is 0 Å². The maximum absolute atomic E-state index is 12.4. The predicted molar refractivity (Wildman–Crippen MR) is 93.4 cm³/mol. The third kappa shape index (κ3) is 4.47. The summed E-state index contributed by atoms with van der Waals surface area (Å²) in [5.74, 6) is 0. The highest BCUT2D eigenvalue weighted by Gasteiger charge is 2.25. The molecule has 1 aliphatic heterocycles. The van der Waals surface area contributed by atoms with Crippen LogP contribution < -0.4 is 5.32 Å². The Morgan fingerprint density at radius 2 is 1.78 bits per heavy atom. The van der Waals surface area contributed by atoms with Crippen LogP contribution in [0.3, 0.4) is 0 Å². The van der Waals surface area contributed by atoms with Gasteiger partial charge in [0.25, 0.3) is 0 Å². The van der Waals surface area contributed by atoms with Crippen molar-refractivity contribution in [2.75, 3.05) is 26.2 Å². The second kappa shape index (κ2) is 7.82. The van der Waals surface area contributed by atoms with Gasteiger partial charge in [-0.25, -0.2) is 4.79 Å². The number of hydrogen-bond donors (Lipinski definition) is 1. The van der Waals surface area contributed by atoms with E-state index in [-0.39, 0.29) is 6.03 Å². The third-order valence-electron chi connectivity index (χ3n) is 5.22. The largest absolute Gasteiger partial charge is 0.334 e. The summed E-state index contributed by atoms with van der Waals surface area (Å²) < 4.78 is 0. The number of nitrogens with zero attached hydrogens (tertiary/aromatic N) is 2. The highest BCUT2D eigenvalue weighted by Crippen LogP contribution is 2.24. The quantitative estimate of drug-likeness (QED) is 0.930. The summed E-state index contributed by atoms with van der Waals surface area (Å²) in [5, 5.41) is 3.07. The first-order valence-electron chi connectivity index (χ1n) is 9.05. The van der Waals surface area contributed by atoms with Gasteiger partial charge in [0.05, 0.1) is 0 Å². The van der Waals surface area contributed by atoms with Gasteiger partial charge in [-0.1, -0.05) is 42.7 Å². The van der Waals surface area contributed by atoms with Crippen LogP contribution in [0.15, 0.2) is 24.3 Å². The molecule has 4 heteroatoms. The summed E-state index contributed by atoms with van der Waals surface area (Å²) >= 11 is 0. The molecule has 23 heavy (non-hydrogen) atoms. The number of hydrogen-bond acceptors (Lipinski definition) is 2. The number of carbonyl (C=O) groups excluding carboxylic acids is 1. The van der Waals surface area contributed by atoms with Crippen molar-refractivity contribution in [2.24, 2.45) is 0 Å². The molecule has 0 unspecified atom stereocenters. The number of rotatable bonds is 3. The molecule has 1 aromatic carbocycles. The van der Waals surface area contributed by atoms with E-state index in [9.17, 15) is 4.79 Å². The van der Waals surface area contributed by atoms with Crippen LogP contribution >= 0.6 is 0 Å². The first-order valence-corrected chi connectivity index (χ1v) is 9.05. The molecular formula is C19H29N3O. The topological polar surface area (TPSA) is 35.6 Å². The summed E-state index contributed by atoms with van der Waals surface area (Å²) in [6, 6.07) is 9.20. The smallest absolute Gasteiger partial charge is 0.317 e. The molecule has 1 aromatic rings. The van der Waals surface area contributed by atoms with Crippen LogP contribution in [-0.4, -0.2) is 48.1 Å².